The van der Waals surface area contributed by atoms with Crippen molar-refractivity contribution in [3.05, 3.63) is 18.0 Å². The molecule has 0 atom stereocenters. The first-order valence-corrected chi connectivity index (χ1v) is 4.69. The smallest absolute Gasteiger partial charge is 0.0771 e. The van der Waals surface area contributed by atoms with Crippen molar-refractivity contribution in [2.75, 3.05) is 13.1 Å². The molecule has 3 rings (SSSR count). The van der Waals surface area contributed by atoms with Gasteiger partial charge in [0.2, 0.25) is 0 Å². The molecule has 64 valence electrons. The van der Waals surface area contributed by atoms with Crippen molar-refractivity contribution in [3.63, 3.8) is 0 Å². The van der Waals surface area contributed by atoms with E-state index in [9.17, 15) is 0 Å². The summed E-state index contributed by atoms with van der Waals surface area (Å²) < 4.78 is 2.22. The Hall–Kier alpha value is -0.830. The highest BCUT2D eigenvalue weighted by Gasteiger charge is 2.30. The zero-order valence-electron chi connectivity index (χ0n) is 7.03. The molecular formula is C9H13N3. The highest BCUT2D eigenvalue weighted by Crippen LogP contribution is 2.40. The molecule has 3 heteroatoms. The number of nitrogens with zero attached hydrogens (tertiary/aromatic N) is 2. The van der Waals surface area contributed by atoms with Gasteiger partial charge in [0.05, 0.1) is 6.04 Å². The Labute approximate surface area is 71.8 Å². The van der Waals surface area contributed by atoms with Crippen molar-refractivity contribution in [2.24, 2.45) is 0 Å². The molecule has 12 heavy (non-hydrogen) atoms. The quantitative estimate of drug-likeness (QED) is 0.702. The zero-order valence-corrected chi connectivity index (χ0v) is 7.03. The second kappa shape index (κ2) is 2.33. The van der Waals surface area contributed by atoms with Crippen LogP contribution in [0.2, 0.25) is 0 Å². The van der Waals surface area contributed by atoms with E-state index < -0.39 is 0 Å². The average Bonchev–Trinajstić information content (AvgIpc) is 2.70. The van der Waals surface area contributed by atoms with Crippen molar-refractivity contribution in [1.82, 2.24) is 15.1 Å². The summed E-state index contributed by atoms with van der Waals surface area (Å²) in [7, 11) is 0. The Morgan fingerprint density at radius 1 is 1.42 bits per heavy atom. The van der Waals surface area contributed by atoms with Crippen molar-refractivity contribution in [3.8, 4) is 0 Å². The molecule has 0 bridgehead atoms. The van der Waals surface area contributed by atoms with Crippen LogP contribution >= 0.6 is 0 Å². The molecule has 2 fully saturated rings. The van der Waals surface area contributed by atoms with E-state index in [4.69, 9.17) is 0 Å². The third kappa shape index (κ3) is 0.894. The minimum Gasteiger partial charge on any atom is -0.312 e. The van der Waals surface area contributed by atoms with Gasteiger partial charge in [-0.3, -0.25) is 4.68 Å². The first-order valence-electron chi connectivity index (χ1n) is 4.69. The number of nitrogens with one attached hydrogen (secondary N) is 1. The molecule has 0 amide bonds. The van der Waals surface area contributed by atoms with E-state index in [1.54, 1.807) is 0 Å². The third-order valence-electron chi connectivity index (χ3n) is 2.80. The molecule has 0 spiro atoms. The van der Waals surface area contributed by atoms with E-state index in [0.29, 0.717) is 6.04 Å². The first-order chi connectivity index (χ1) is 5.95. The Kier molecular flexibility index (Phi) is 1.29. The van der Waals surface area contributed by atoms with Gasteiger partial charge in [0, 0.05) is 30.9 Å². The summed E-state index contributed by atoms with van der Waals surface area (Å²) in [5, 5.41) is 7.65. The molecule has 1 saturated heterocycles. The second-order valence-corrected chi connectivity index (χ2v) is 3.79. The lowest BCUT2D eigenvalue weighted by Gasteiger charge is -2.28. The minimum atomic E-state index is 0.635. The monoisotopic (exact) mass is 163 g/mol. The molecule has 1 aliphatic heterocycles. The van der Waals surface area contributed by atoms with Crippen molar-refractivity contribution in [1.29, 1.82) is 0 Å². The van der Waals surface area contributed by atoms with Crippen LogP contribution in [-0.4, -0.2) is 22.9 Å². The van der Waals surface area contributed by atoms with Gasteiger partial charge >= 0.3 is 0 Å². The lowest BCUT2D eigenvalue weighted by molar-refractivity contribution is 0.310. The number of hydrogen-bond acceptors (Lipinski definition) is 2. The van der Waals surface area contributed by atoms with Crippen molar-refractivity contribution < 1.29 is 0 Å². The van der Waals surface area contributed by atoms with E-state index in [1.807, 2.05) is 6.20 Å². The second-order valence-electron chi connectivity index (χ2n) is 3.79. The van der Waals surface area contributed by atoms with E-state index >= 15 is 0 Å². The molecule has 1 aromatic heterocycles. The fourth-order valence-electron chi connectivity index (χ4n) is 1.78. The van der Waals surface area contributed by atoms with E-state index in [1.165, 1.54) is 18.5 Å². The summed E-state index contributed by atoms with van der Waals surface area (Å²) in [6.45, 7) is 2.20. The lowest BCUT2D eigenvalue weighted by Crippen LogP contribution is -2.44. The first kappa shape index (κ1) is 6.66. The van der Waals surface area contributed by atoms with Gasteiger partial charge in [0.25, 0.3) is 0 Å². The fraction of sp³-hybridized carbons (Fsp3) is 0.667. The summed E-state index contributed by atoms with van der Waals surface area (Å²) in [6.07, 6.45) is 4.67. The van der Waals surface area contributed by atoms with Crippen LogP contribution in [0.15, 0.2) is 12.3 Å². The van der Waals surface area contributed by atoms with Crippen LogP contribution in [0.25, 0.3) is 0 Å². The normalized spacial score (nSPS) is 24.0. The van der Waals surface area contributed by atoms with Gasteiger partial charge in [0.15, 0.2) is 0 Å². The van der Waals surface area contributed by atoms with Gasteiger partial charge in [-0.1, -0.05) is 0 Å². The average molecular weight is 163 g/mol. The predicted octanol–water partition coefficient (Wildman–Crippen LogP) is 0.905. The van der Waals surface area contributed by atoms with Gasteiger partial charge in [-0.15, -0.1) is 0 Å². The molecule has 2 aliphatic rings. The van der Waals surface area contributed by atoms with Crippen LogP contribution in [-0.2, 0) is 0 Å². The molecule has 2 heterocycles. The highest BCUT2D eigenvalue weighted by molar-refractivity contribution is 5.15. The van der Waals surface area contributed by atoms with Gasteiger partial charge in [-0.25, -0.2) is 0 Å². The summed E-state index contributed by atoms with van der Waals surface area (Å²) in [5.74, 6) is 0.827. The van der Waals surface area contributed by atoms with Crippen molar-refractivity contribution in [2.45, 2.75) is 24.8 Å². The van der Waals surface area contributed by atoms with Crippen LogP contribution in [0, 0.1) is 0 Å². The van der Waals surface area contributed by atoms with Gasteiger partial charge in [-0.2, -0.15) is 5.10 Å². The summed E-state index contributed by atoms with van der Waals surface area (Å²) in [4.78, 5) is 0. The third-order valence-corrected chi connectivity index (χ3v) is 2.80. The highest BCUT2D eigenvalue weighted by atomic mass is 15.3. The summed E-state index contributed by atoms with van der Waals surface area (Å²) in [5.41, 5.74) is 1.46. The minimum absolute atomic E-state index is 0.635. The van der Waals surface area contributed by atoms with Crippen LogP contribution in [0.4, 0.5) is 0 Å². The van der Waals surface area contributed by atoms with E-state index in [-0.39, 0.29) is 0 Å². The maximum Gasteiger partial charge on any atom is 0.0771 e. The summed E-state index contributed by atoms with van der Waals surface area (Å²) in [6, 6.07) is 2.81. The molecule has 3 nitrogen and oxygen atoms in total. The van der Waals surface area contributed by atoms with Crippen LogP contribution in [0.5, 0.6) is 0 Å². The van der Waals surface area contributed by atoms with Crippen LogP contribution in [0.3, 0.4) is 0 Å². The molecular weight excluding hydrogens is 150 g/mol. The molecule has 0 unspecified atom stereocenters. The van der Waals surface area contributed by atoms with Crippen LogP contribution < -0.4 is 5.32 Å². The van der Waals surface area contributed by atoms with Crippen LogP contribution in [0.1, 0.15) is 30.5 Å². The maximum atomic E-state index is 4.38. The Morgan fingerprint density at radius 3 is 2.83 bits per heavy atom. The largest absolute Gasteiger partial charge is 0.312 e. The Balaban J connectivity index is 1.91. The summed E-state index contributed by atoms with van der Waals surface area (Å²) >= 11 is 0. The standard InChI is InChI=1S/C9H13N3/c1-2-7(1)9-3-4-11-12(9)8-5-10-6-8/h3-4,7-8,10H,1-2,5-6H2. The number of aromatic nitrogens is 2. The maximum absolute atomic E-state index is 4.38. The molecule has 1 aromatic rings. The molecule has 0 aromatic carbocycles. The van der Waals surface area contributed by atoms with Gasteiger partial charge in [0.1, 0.15) is 0 Å². The SMILES string of the molecule is c1cc(C2CC2)n(C2CNC2)n1. The topological polar surface area (TPSA) is 29.9 Å². The molecule has 1 aliphatic carbocycles. The molecule has 1 N–H and O–H groups in total. The lowest BCUT2D eigenvalue weighted by atomic mass is 10.1. The van der Waals surface area contributed by atoms with E-state index in [2.05, 4.69) is 21.2 Å². The van der Waals surface area contributed by atoms with Crippen molar-refractivity contribution >= 4 is 0 Å². The van der Waals surface area contributed by atoms with Gasteiger partial charge in [-0.05, 0) is 18.9 Å². The number of hydrogen-bond donors (Lipinski definition) is 1. The fourth-order valence-corrected chi connectivity index (χ4v) is 1.78. The zero-order chi connectivity index (χ0) is 7.97. The molecule has 0 radical (unpaired) electrons. The van der Waals surface area contributed by atoms with E-state index in [0.717, 1.165) is 19.0 Å². The Morgan fingerprint density at radius 2 is 2.25 bits per heavy atom. The predicted molar refractivity (Wildman–Crippen MR) is 46.1 cm³/mol. The van der Waals surface area contributed by atoms with Gasteiger partial charge < -0.3 is 5.32 Å². The Bertz CT molecular complexity index is 284. The molecule has 1 saturated carbocycles. The number of rotatable bonds is 2.